The maximum atomic E-state index is 10.9. The van der Waals surface area contributed by atoms with Crippen LogP contribution in [0.2, 0.25) is 0 Å². The molecule has 86 valence electrons. The van der Waals surface area contributed by atoms with Gasteiger partial charge in [-0.1, -0.05) is 12.1 Å². The molecule has 0 fully saturated rings. The third-order valence-corrected chi connectivity index (χ3v) is 2.98. The standard InChI is InChI=1S/C12H11N3O2/c16-12(17)9-4-1-3-8(7-9)11-14-13-10-5-2-6-15(10)11/h1,3-4,7H,2,5-6H2,(H,16,17). The van der Waals surface area contributed by atoms with Crippen molar-refractivity contribution in [2.45, 2.75) is 19.4 Å². The van der Waals surface area contributed by atoms with E-state index in [9.17, 15) is 4.79 Å². The Hall–Kier alpha value is -2.17. The fraction of sp³-hybridized carbons (Fsp3) is 0.250. The lowest BCUT2D eigenvalue weighted by Gasteiger charge is -2.03. The van der Waals surface area contributed by atoms with Crippen LogP contribution in [-0.4, -0.2) is 25.8 Å². The number of carbonyl (C=O) groups is 1. The van der Waals surface area contributed by atoms with Gasteiger partial charge in [0.15, 0.2) is 5.82 Å². The van der Waals surface area contributed by atoms with Gasteiger partial charge in [0.25, 0.3) is 0 Å². The molecule has 1 aliphatic heterocycles. The second-order valence-corrected chi connectivity index (χ2v) is 4.08. The van der Waals surface area contributed by atoms with Crippen molar-refractivity contribution in [2.24, 2.45) is 0 Å². The molecule has 0 aliphatic carbocycles. The summed E-state index contributed by atoms with van der Waals surface area (Å²) in [5.41, 5.74) is 1.09. The summed E-state index contributed by atoms with van der Waals surface area (Å²) in [5.74, 6) is 0.828. The van der Waals surface area contributed by atoms with Crippen molar-refractivity contribution in [3.05, 3.63) is 35.7 Å². The van der Waals surface area contributed by atoms with Gasteiger partial charge >= 0.3 is 5.97 Å². The molecule has 2 aromatic rings. The molecule has 0 unspecified atom stereocenters. The van der Waals surface area contributed by atoms with Crippen LogP contribution in [0, 0.1) is 0 Å². The summed E-state index contributed by atoms with van der Waals surface area (Å²) in [6, 6.07) is 6.81. The van der Waals surface area contributed by atoms with Gasteiger partial charge < -0.3 is 9.67 Å². The minimum absolute atomic E-state index is 0.276. The van der Waals surface area contributed by atoms with Gasteiger partial charge in [0.2, 0.25) is 0 Å². The lowest BCUT2D eigenvalue weighted by molar-refractivity contribution is 0.0697. The number of nitrogens with zero attached hydrogens (tertiary/aromatic N) is 3. The van der Waals surface area contributed by atoms with Gasteiger partial charge in [-0.2, -0.15) is 0 Å². The number of benzene rings is 1. The summed E-state index contributed by atoms with van der Waals surface area (Å²) in [6.45, 7) is 0.912. The van der Waals surface area contributed by atoms with Crippen LogP contribution < -0.4 is 0 Å². The molecule has 1 aromatic carbocycles. The van der Waals surface area contributed by atoms with Gasteiger partial charge in [-0.15, -0.1) is 10.2 Å². The largest absolute Gasteiger partial charge is 0.478 e. The molecule has 2 heterocycles. The quantitative estimate of drug-likeness (QED) is 0.849. The van der Waals surface area contributed by atoms with Crippen LogP contribution in [0.5, 0.6) is 0 Å². The summed E-state index contributed by atoms with van der Waals surface area (Å²) in [4.78, 5) is 10.9. The van der Waals surface area contributed by atoms with Gasteiger partial charge in [0.1, 0.15) is 5.82 Å². The molecule has 17 heavy (non-hydrogen) atoms. The van der Waals surface area contributed by atoms with Gasteiger partial charge in [0.05, 0.1) is 5.56 Å². The molecule has 1 aliphatic rings. The number of carboxylic acid groups (broad SMARTS) is 1. The van der Waals surface area contributed by atoms with Crippen molar-refractivity contribution >= 4 is 5.97 Å². The average molecular weight is 229 g/mol. The van der Waals surface area contributed by atoms with Crippen molar-refractivity contribution < 1.29 is 9.90 Å². The number of hydrogen-bond donors (Lipinski definition) is 1. The second-order valence-electron chi connectivity index (χ2n) is 4.08. The number of carboxylic acids is 1. The molecule has 1 aromatic heterocycles. The Bertz CT molecular complexity index is 589. The second kappa shape index (κ2) is 3.69. The molecule has 0 saturated heterocycles. The smallest absolute Gasteiger partial charge is 0.335 e. The third kappa shape index (κ3) is 1.60. The van der Waals surface area contributed by atoms with E-state index in [4.69, 9.17) is 5.11 Å². The van der Waals surface area contributed by atoms with E-state index in [0.717, 1.165) is 36.6 Å². The van der Waals surface area contributed by atoms with Crippen LogP contribution in [0.25, 0.3) is 11.4 Å². The predicted molar refractivity (Wildman–Crippen MR) is 60.7 cm³/mol. The highest BCUT2D eigenvalue weighted by atomic mass is 16.4. The van der Waals surface area contributed by atoms with Crippen LogP contribution in [0.15, 0.2) is 24.3 Å². The van der Waals surface area contributed by atoms with Gasteiger partial charge in [-0.25, -0.2) is 4.79 Å². The van der Waals surface area contributed by atoms with E-state index in [2.05, 4.69) is 14.8 Å². The SMILES string of the molecule is O=C(O)c1cccc(-c2nnc3n2CCC3)c1. The molecule has 0 amide bonds. The molecule has 5 heteroatoms. The molecule has 0 bridgehead atoms. The van der Waals surface area contributed by atoms with E-state index in [0.29, 0.717) is 0 Å². The molecule has 3 rings (SSSR count). The van der Waals surface area contributed by atoms with E-state index in [1.54, 1.807) is 18.2 Å². The Morgan fingerprint density at radius 2 is 2.24 bits per heavy atom. The Morgan fingerprint density at radius 3 is 3.06 bits per heavy atom. The zero-order chi connectivity index (χ0) is 11.8. The Labute approximate surface area is 97.7 Å². The number of rotatable bonds is 2. The summed E-state index contributed by atoms with van der Waals surface area (Å²) < 4.78 is 2.06. The van der Waals surface area contributed by atoms with Crippen LogP contribution in [0.3, 0.4) is 0 Å². The molecule has 0 atom stereocenters. The zero-order valence-corrected chi connectivity index (χ0v) is 9.13. The highest BCUT2D eigenvalue weighted by Gasteiger charge is 2.18. The number of hydrogen-bond acceptors (Lipinski definition) is 3. The highest BCUT2D eigenvalue weighted by Crippen LogP contribution is 2.23. The number of aryl methyl sites for hydroxylation is 1. The highest BCUT2D eigenvalue weighted by molar-refractivity contribution is 5.89. The van der Waals surface area contributed by atoms with Crippen molar-refractivity contribution in [1.82, 2.24) is 14.8 Å². The molecule has 0 spiro atoms. The van der Waals surface area contributed by atoms with Crippen LogP contribution in [0.1, 0.15) is 22.6 Å². The normalized spacial score (nSPS) is 13.6. The maximum Gasteiger partial charge on any atom is 0.335 e. The fourth-order valence-electron chi connectivity index (χ4n) is 2.16. The van der Waals surface area contributed by atoms with Crippen molar-refractivity contribution in [3.8, 4) is 11.4 Å². The number of aromatic carboxylic acids is 1. The Balaban J connectivity index is 2.09. The zero-order valence-electron chi connectivity index (χ0n) is 9.13. The van der Waals surface area contributed by atoms with E-state index in [1.165, 1.54) is 0 Å². The Morgan fingerprint density at radius 1 is 1.35 bits per heavy atom. The van der Waals surface area contributed by atoms with E-state index < -0.39 is 5.97 Å². The van der Waals surface area contributed by atoms with Crippen molar-refractivity contribution in [2.75, 3.05) is 0 Å². The van der Waals surface area contributed by atoms with Crippen molar-refractivity contribution in [3.63, 3.8) is 0 Å². The number of fused-ring (bicyclic) bond motifs is 1. The Kier molecular flexibility index (Phi) is 2.18. The van der Waals surface area contributed by atoms with Gasteiger partial charge in [-0.05, 0) is 18.6 Å². The summed E-state index contributed by atoms with van der Waals surface area (Å²) >= 11 is 0. The third-order valence-electron chi connectivity index (χ3n) is 2.98. The van der Waals surface area contributed by atoms with E-state index in [1.807, 2.05) is 6.07 Å². The molecular weight excluding hydrogens is 218 g/mol. The topological polar surface area (TPSA) is 68.0 Å². The lowest BCUT2D eigenvalue weighted by Crippen LogP contribution is -1.99. The summed E-state index contributed by atoms with van der Waals surface area (Å²) in [6.07, 6.45) is 2.03. The first-order valence-corrected chi connectivity index (χ1v) is 5.51. The molecule has 0 saturated carbocycles. The van der Waals surface area contributed by atoms with Gasteiger partial charge in [0, 0.05) is 18.5 Å². The first-order chi connectivity index (χ1) is 8.25. The average Bonchev–Trinajstić information content (AvgIpc) is 2.90. The summed E-state index contributed by atoms with van der Waals surface area (Å²) in [5, 5.41) is 17.2. The summed E-state index contributed by atoms with van der Waals surface area (Å²) in [7, 11) is 0. The van der Waals surface area contributed by atoms with Crippen LogP contribution in [-0.2, 0) is 13.0 Å². The lowest BCUT2D eigenvalue weighted by atomic mass is 10.1. The van der Waals surface area contributed by atoms with Crippen LogP contribution >= 0.6 is 0 Å². The molecule has 0 radical (unpaired) electrons. The first kappa shape index (κ1) is 10.0. The minimum Gasteiger partial charge on any atom is -0.478 e. The van der Waals surface area contributed by atoms with Gasteiger partial charge in [-0.3, -0.25) is 0 Å². The van der Waals surface area contributed by atoms with E-state index in [-0.39, 0.29) is 5.56 Å². The molecule has 5 nitrogen and oxygen atoms in total. The first-order valence-electron chi connectivity index (χ1n) is 5.51. The monoisotopic (exact) mass is 229 g/mol. The maximum absolute atomic E-state index is 10.9. The van der Waals surface area contributed by atoms with E-state index >= 15 is 0 Å². The van der Waals surface area contributed by atoms with Crippen molar-refractivity contribution in [1.29, 1.82) is 0 Å². The minimum atomic E-state index is -0.923. The molecule has 1 N–H and O–H groups in total. The fourth-order valence-corrected chi connectivity index (χ4v) is 2.16. The van der Waals surface area contributed by atoms with Crippen LogP contribution in [0.4, 0.5) is 0 Å². The predicted octanol–water partition coefficient (Wildman–Crippen LogP) is 1.59. The number of aromatic nitrogens is 3. The molecular formula is C12H11N3O2.